The van der Waals surface area contributed by atoms with E-state index in [2.05, 4.69) is 15.3 Å². The molecule has 10 heteroatoms. The maximum atomic E-state index is 13.8. The lowest BCUT2D eigenvalue weighted by Gasteiger charge is -2.19. The van der Waals surface area contributed by atoms with E-state index in [0.717, 1.165) is 23.3 Å². The number of nitrogen functional groups attached to an aromatic ring is 1. The van der Waals surface area contributed by atoms with Crippen LogP contribution in [0.1, 0.15) is 34.5 Å². The van der Waals surface area contributed by atoms with Gasteiger partial charge < -0.3 is 25.6 Å². The van der Waals surface area contributed by atoms with Gasteiger partial charge in [-0.3, -0.25) is 0 Å². The lowest BCUT2D eigenvalue weighted by molar-refractivity contribution is 0.0691. The van der Waals surface area contributed by atoms with Gasteiger partial charge in [0.25, 0.3) is 0 Å². The van der Waals surface area contributed by atoms with Gasteiger partial charge >= 0.3 is 5.97 Å². The lowest BCUT2D eigenvalue weighted by atomic mass is 10.0. The summed E-state index contributed by atoms with van der Waals surface area (Å²) in [4.78, 5) is 20.0. The molecule has 1 unspecified atom stereocenters. The van der Waals surface area contributed by atoms with Crippen LogP contribution in [0.3, 0.4) is 0 Å². The van der Waals surface area contributed by atoms with Gasteiger partial charge in [-0.1, -0.05) is 0 Å². The molecule has 0 bridgehead atoms. The second-order valence-corrected chi connectivity index (χ2v) is 6.79. The van der Waals surface area contributed by atoms with Gasteiger partial charge in [-0.15, -0.1) is 12.4 Å². The summed E-state index contributed by atoms with van der Waals surface area (Å²) in [6.07, 6.45) is 2.43. The van der Waals surface area contributed by atoms with Gasteiger partial charge in [-0.05, 0) is 49.9 Å². The predicted molar refractivity (Wildman–Crippen MR) is 121 cm³/mol. The lowest BCUT2D eigenvalue weighted by Crippen LogP contribution is -2.12. The van der Waals surface area contributed by atoms with Crippen molar-refractivity contribution in [2.45, 2.75) is 19.6 Å². The average Bonchev–Trinajstić information content (AvgIpc) is 2.75. The summed E-state index contributed by atoms with van der Waals surface area (Å²) in [6, 6.07) is 6.97. The number of pyridine rings is 2. The van der Waals surface area contributed by atoms with Crippen LogP contribution in [0.25, 0.3) is 11.1 Å². The molecule has 32 heavy (non-hydrogen) atoms. The van der Waals surface area contributed by atoms with Gasteiger partial charge in [0.1, 0.15) is 11.9 Å². The Labute approximate surface area is 191 Å². The summed E-state index contributed by atoms with van der Waals surface area (Å²) in [6.45, 7) is 2.18. The fraction of sp³-hybridized carbons (Fsp3) is 0.227. The SMILES string of the molecule is CNCc1ccnc(OC)c1-c1cnc(N)c(OC(C)c2cc(F)ccc2C(=O)O)c1.Cl. The first-order chi connectivity index (χ1) is 14.8. The minimum atomic E-state index is -1.18. The van der Waals surface area contributed by atoms with E-state index in [9.17, 15) is 14.3 Å². The van der Waals surface area contributed by atoms with Crippen LogP contribution in [-0.2, 0) is 6.54 Å². The van der Waals surface area contributed by atoms with Gasteiger partial charge in [-0.2, -0.15) is 0 Å². The molecule has 4 N–H and O–H groups in total. The van der Waals surface area contributed by atoms with Crippen LogP contribution in [0.15, 0.2) is 42.7 Å². The quantitative estimate of drug-likeness (QED) is 0.461. The molecule has 2 aromatic heterocycles. The zero-order valence-electron chi connectivity index (χ0n) is 17.8. The third-order valence-corrected chi connectivity index (χ3v) is 4.72. The molecule has 1 aromatic carbocycles. The van der Waals surface area contributed by atoms with Crippen molar-refractivity contribution in [2.75, 3.05) is 19.9 Å². The number of aromatic carboxylic acids is 1. The van der Waals surface area contributed by atoms with Crippen molar-refractivity contribution in [3.8, 4) is 22.8 Å². The minimum Gasteiger partial charge on any atom is -0.482 e. The standard InChI is InChI=1S/C22H23FN4O4.ClH/c1-12(17-9-15(23)4-5-16(17)22(28)29)31-18-8-14(11-27-20(18)24)19-13(10-25-2)6-7-26-21(19)30-3;/h4-9,11-12,25H,10H2,1-3H3,(H2,24,27)(H,28,29);1H. The van der Waals surface area contributed by atoms with E-state index in [1.54, 1.807) is 25.4 Å². The summed E-state index contributed by atoms with van der Waals surface area (Å²) in [5, 5.41) is 12.5. The fourth-order valence-corrected chi connectivity index (χ4v) is 3.29. The third-order valence-electron chi connectivity index (χ3n) is 4.72. The highest BCUT2D eigenvalue weighted by Crippen LogP contribution is 2.36. The minimum absolute atomic E-state index is 0. The Bertz CT molecular complexity index is 1110. The van der Waals surface area contributed by atoms with Crippen LogP contribution in [0, 0.1) is 5.82 Å². The largest absolute Gasteiger partial charge is 0.482 e. The van der Waals surface area contributed by atoms with Crippen LogP contribution in [0.5, 0.6) is 11.6 Å². The number of aromatic nitrogens is 2. The molecule has 0 saturated heterocycles. The van der Waals surface area contributed by atoms with E-state index < -0.39 is 17.9 Å². The molecule has 2 heterocycles. The number of anilines is 1. The predicted octanol–water partition coefficient (Wildman–Crippen LogP) is 3.85. The molecule has 3 aromatic rings. The van der Waals surface area contributed by atoms with Gasteiger partial charge in [0.05, 0.1) is 18.2 Å². The molecule has 170 valence electrons. The number of nitrogens with zero attached hydrogens (tertiary/aromatic N) is 2. The zero-order chi connectivity index (χ0) is 22.5. The van der Waals surface area contributed by atoms with Crippen molar-refractivity contribution in [2.24, 2.45) is 0 Å². The Morgan fingerprint density at radius 3 is 2.69 bits per heavy atom. The van der Waals surface area contributed by atoms with Gasteiger partial charge in [0.2, 0.25) is 5.88 Å². The number of ether oxygens (including phenoxy) is 2. The van der Waals surface area contributed by atoms with E-state index >= 15 is 0 Å². The number of halogens is 2. The number of carboxylic acids is 1. The first kappa shape index (κ1) is 24.8. The molecule has 0 aliphatic carbocycles. The van der Waals surface area contributed by atoms with Crippen LogP contribution >= 0.6 is 12.4 Å². The van der Waals surface area contributed by atoms with Gasteiger partial charge in [0, 0.05) is 30.1 Å². The van der Waals surface area contributed by atoms with Crippen LogP contribution in [0.4, 0.5) is 10.2 Å². The number of nitrogens with two attached hydrogens (primary N) is 1. The van der Waals surface area contributed by atoms with Gasteiger partial charge in [0.15, 0.2) is 11.6 Å². The molecule has 0 aliphatic rings. The summed E-state index contributed by atoms with van der Waals surface area (Å²) in [7, 11) is 3.35. The van der Waals surface area contributed by atoms with Crippen molar-refractivity contribution in [1.82, 2.24) is 15.3 Å². The number of hydrogen-bond donors (Lipinski definition) is 3. The second kappa shape index (κ2) is 10.7. The maximum absolute atomic E-state index is 13.8. The van der Waals surface area contributed by atoms with Gasteiger partial charge in [-0.25, -0.2) is 19.2 Å². The second-order valence-electron chi connectivity index (χ2n) is 6.79. The normalized spacial score (nSPS) is 11.4. The molecule has 0 amide bonds. The smallest absolute Gasteiger partial charge is 0.336 e. The van der Waals surface area contributed by atoms with E-state index in [1.165, 1.54) is 13.2 Å². The molecular weight excluding hydrogens is 439 g/mol. The maximum Gasteiger partial charge on any atom is 0.336 e. The Morgan fingerprint density at radius 1 is 1.28 bits per heavy atom. The third kappa shape index (κ3) is 5.24. The zero-order valence-corrected chi connectivity index (χ0v) is 18.6. The highest BCUT2D eigenvalue weighted by Gasteiger charge is 2.20. The number of carbonyl (C=O) groups is 1. The molecule has 0 saturated carbocycles. The molecule has 0 spiro atoms. The van der Waals surface area contributed by atoms with Crippen molar-refractivity contribution < 1.29 is 23.8 Å². The Balaban J connectivity index is 0.00000363. The number of carboxylic acid groups (broad SMARTS) is 1. The molecule has 0 radical (unpaired) electrons. The first-order valence-corrected chi connectivity index (χ1v) is 9.47. The van der Waals surface area contributed by atoms with Crippen LogP contribution in [0.2, 0.25) is 0 Å². The summed E-state index contributed by atoms with van der Waals surface area (Å²) < 4.78 is 25.1. The van der Waals surface area contributed by atoms with E-state index in [4.69, 9.17) is 15.2 Å². The topological polar surface area (TPSA) is 120 Å². The molecule has 8 nitrogen and oxygen atoms in total. The molecular formula is C22H24ClFN4O4. The summed E-state index contributed by atoms with van der Waals surface area (Å²) in [5.41, 5.74) is 8.45. The monoisotopic (exact) mass is 462 g/mol. The summed E-state index contributed by atoms with van der Waals surface area (Å²) >= 11 is 0. The average molecular weight is 463 g/mol. The van der Waals surface area contributed by atoms with Crippen molar-refractivity contribution in [1.29, 1.82) is 0 Å². The number of nitrogens with one attached hydrogen (secondary N) is 1. The molecule has 3 rings (SSSR count). The highest BCUT2D eigenvalue weighted by atomic mass is 35.5. The van der Waals surface area contributed by atoms with Crippen molar-refractivity contribution in [3.05, 3.63) is 65.2 Å². The van der Waals surface area contributed by atoms with Crippen molar-refractivity contribution >= 4 is 24.2 Å². The fourth-order valence-electron chi connectivity index (χ4n) is 3.29. The Kier molecular flexibility index (Phi) is 8.34. The molecule has 0 fully saturated rings. The van der Waals surface area contributed by atoms with Crippen LogP contribution in [-0.4, -0.2) is 35.2 Å². The number of benzene rings is 1. The van der Waals surface area contributed by atoms with E-state index in [0.29, 0.717) is 18.0 Å². The molecule has 0 aliphatic heterocycles. The number of rotatable bonds is 8. The van der Waals surface area contributed by atoms with E-state index in [-0.39, 0.29) is 35.1 Å². The van der Waals surface area contributed by atoms with Crippen LogP contribution < -0.4 is 20.5 Å². The molecule has 1 atom stereocenters. The highest BCUT2D eigenvalue weighted by molar-refractivity contribution is 5.89. The Morgan fingerprint density at radius 2 is 2.03 bits per heavy atom. The number of hydrogen-bond acceptors (Lipinski definition) is 7. The Hall–Kier alpha value is -3.43. The van der Waals surface area contributed by atoms with Crippen molar-refractivity contribution in [3.63, 3.8) is 0 Å². The first-order valence-electron chi connectivity index (χ1n) is 9.47. The van der Waals surface area contributed by atoms with E-state index in [1.807, 2.05) is 13.1 Å². The number of methoxy groups -OCH3 is 1. The summed E-state index contributed by atoms with van der Waals surface area (Å²) in [5.74, 6) is -0.986.